The Hall–Kier alpha value is -2.40. The molecular formula is C24H28N2O2S. The van der Waals surface area contributed by atoms with Crippen molar-refractivity contribution in [1.29, 1.82) is 0 Å². The Balaban J connectivity index is 1.44. The second-order valence-electron chi connectivity index (χ2n) is 7.70. The van der Waals surface area contributed by atoms with Crippen LogP contribution in [-0.2, 0) is 17.8 Å². The molecule has 1 aliphatic rings. The quantitative estimate of drug-likeness (QED) is 0.419. The SMILES string of the molecule is CCCCCc1ccc2nc(C3CCCN3C(=O)OCc3ccccc3)sc2c1. The Labute approximate surface area is 176 Å². The monoisotopic (exact) mass is 408 g/mol. The third-order valence-corrected chi connectivity index (χ3v) is 6.64. The summed E-state index contributed by atoms with van der Waals surface area (Å²) in [5, 5.41) is 1.03. The molecule has 1 fully saturated rings. The van der Waals surface area contributed by atoms with Crippen molar-refractivity contribution < 1.29 is 9.53 Å². The van der Waals surface area contributed by atoms with E-state index in [9.17, 15) is 4.79 Å². The summed E-state index contributed by atoms with van der Waals surface area (Å²) in [5.41, 5.74) is 3.42. The van der Waals surface area contributed by atoms with Gasteiger partial charge < -0.3 is 4.74 Å². The van der Waals surface area contributed by atoms with E-state index >= 15 is 0 Å². The number of rotatable bonds is 7. The average molecular weight is 409 g/mol. The standard InChI is InChI=1S/C24H28N2O2S/c1-2-3-5-9-18-13-14-20-22(16-18)29-23(25-20)21-12-8-15-26(21)24(27)28-17-19-10-6-4-7-11-19/h4,6-7,10-11,13-14,16,21H,2-3,5,8-9,12,15,17H2,1H3. The highest BCUT2D eigenvalue weighted by molar-refractivity contribution is 7.18. The maximum absolute atomic E-state index is 12.7. The van der Waals surface area contributed by atoms with Gasteiger partial charge in [0.05, 0.1) is 16.3 Å². The largest absolute Gasteiger partial charge is 0.445 e. The number of amides is 1. The van der Waals surface area contributed by atoms with Crippen LogP contribution >= 0.6 is 11.3 Å². The lowest BCUT2D eigenvalue weighted by Crippen LogP contribution is -2.31. The number of nitrogens with zero attached hydrogens (tertiary/aromatic N) is 2. The van der Waals surface area contributed by atoms with Crippen LogP contribution in [0.3, 0.4) is 0 Å². The molecular weight excluding hydrogens is 380 g/mol. The molecule has 3 aromatic rings. The van der Waals surface area contributed by atoms with Gasteiger partial charge in [0.2, 0.25) is 0 Å². The summed E-state index contributed by atoms with van der Waals surface area (Å²) < 4.78 is 6.80. The van der Waals surface area contributed by atoms with Crippen molar-refractivity contribution in [3.63, 3.8) is 0 Å². The third kappa shape index (κ3) is 4.78. The van der Waals surface area contributed by atoms with Gasteiger partial charge in [-0.25, -0.2) is 9.78 Å². The summed E-state index contributed by atoms with van der Waals surface area (Å²) in [6.07, 6.45) is 6.57. The van der Waals surface area contributed by atoms with Crippen LogP contribution in [0.2, 0.25) is 0 Å². The van der Waals surface area contributed by atoms with Crippen molar-refractivity contribution in [2.45, 2.75) is 58.1 Å². The maximum Gasteiger partial charge on any atom is 0.410 e. The number of unbranched alkanes of at least 4 members (excludes halogenated alkanes) is 2. The van der Waals surface area contributed by atoms with Crippen LogP contribution in [0.4, 0.5) is 4.79 Å². The van der Waals surface area contributed by atoms with E-state index in [1.165, 1.54) is 29.5 Å². The summed E-state index contributed by atoms with van der Waals surface area (Å²) in [4.78, 5) is 19.4. The summed E-state index contributed by atoms with van der Waals surface area (Å²) in [6.45, 7) is 3.28. The lowest BCUT2D eigenvalue weighted by molar-refractivity contribution is 0.0920. The van der Waals surface area contributed by atoms with Gasteiger partial charge in [0.15, 0.2) is 0 Å². The number of likely N-dealkylation sites (tertiary alicyclic amines) is 1. The van der Waals surface area contributed by atoms with Crippen molar-refractivity contribution in [2.75, 3.05) is 6.54 Å². The molecule has 4 nitrogen and oxygen atoms in total. The summed E-state index contributed by atoms with van der Waals surface area (Å²) in [5.74, 6) is 0. The van der Waals surface area contributed by atoms with Crippen LogP contribution in [0.25, 0.3) is 10.2 Å². The van der Waals surface area contributed by atoms with Gasteiger partial charge in [-0.05, 0) is 48.9 Å². The van der Waals surface area contributed by atoms with Crippen molar-refractivity contribution in [3.05, 3.63) is 64.7 Å². The smallest absolute Gasteiger partial charge is 0.410 e. The molecule has 152 valence electrons. The molecule has 1 atom stereocenters. The number of aryl methyl sites for hydroxylation is 1. The zero-order valence-electron chi connectivity index (χ0n) is 17.0. The van der Waals surface area contributed by atoms with Crippen LogP contribution in [0, 0.1) is 0 Å². The molecule has 1 aliphatic heterocycles. The number of hydrogen-bond acceptors (Lipinski definition) is 4. The first-order valence-electron chi connectivity index (χ1n) is 10.6. The minimum absolute atomic E-state index is 0.0271. The molecule has 0 bridgehead atoms. The lowest BCUT2D eigenvalue weighted by Gasteiger charge is -2.22. The van der Waals surface area contributed by atoms with E-state index in [2.05, 4.69) is 25.1 Å². The Morgan fingerprint density at radius 3 is 2.86 bits per heavy atom. The van der Waals surface area contributed by atoms with E-state index in [1.807, 2.05) is 35.2 Å². The predicted molar refractivity (Wildman–Crippen MR) is 118 cm³/mol. The first-order valence-corrected chi connectivity index (χ1v) is 11.4. The first kappa shape index (κ1) is 19.9. The minimum atomic E-state index is -0.240. The summed E-state index contributed by atoms with van der Waals surface area (Å²) in [6, 6.07) is 16.5. The molecule has 0 N–H and O–H groups in total. The van der Waals surface area contributed by atoms with Gasteiger partial charge >= 0.3 is 6.09 Å². The molecule has 2 aromatic carbocycles. The number of aromatic nitrogens is 1. The highest BCUT2D eigenvalue weighted by Gasteiger charge is 2.33. The topological polar surface area (TPSA) is 42.4 Å². The molecule has 0 saturated carbocycles. The van der Waals surface area contributed by atoms with E-state index in [-0.39, 0.29) is 12.1 Å². The molecule has 1 saturated heterocycles. The molecule has 1 aromatic heterocycles. The van der Waals surface area contributed by atoms with Gasteiger partial charge in [0, 0.05) is 6.54 Å². The number of fused-ring (bicyclic) bond motifs is 1. The summed E-state index contributed by atoms with van der Waals surface area (Å²) >= 11 is 1.72. The minimum Gasteiger partial charge on any atom is -0.445 e. The fraction of sp³-hybridized carbons (Fsp3) is 0.417. The number of thiazole rings is 1. The van der Waals surface area contributed by atoms with Crippen LogP contribution in [-0.4, -0.2) is 22.5 Å². The van der Waals surface area contributed by atoms with Gasteiger partial charge in [-0.2, -0.15) is 0 Å². The van der Waals surface area contributed by atoms with Crippen LogP contribution in [0.15, 0.2) is 48.5 Å². The Kier molecular flexibility index (Phi) is 6.45. The van der Waals surface area contributed by atoms with E-state index in [0.717, 1.165) is 41.9 Å². The third-order valence-electron chi connectivity index (χ3n) is 5.52. The van der Waals surface area contributed by atoms with Crippen molar-refractivity contribution >= 4 is 27.6 Å². The molecule has 5 heteroatoms. The van der Waals surface area contributed by atoms with Crippen LogP contribution in [0.5, 0.6) is 0 Å². The summed E-state index contributed by atoms with van der Waals surface area (Å²) in [7, 11) is 0. The molecule has 0 spiro atoms. The van der Waals surface area contributed by atoms with Gasteiger partial charge in [-0.15, -0.1) is 11.3 Å². The van der Waals surface area contributed by atoms with Crippen molar-refractivity contribution in [3.8, 4) is 0 Å². The number of ether oxygens (including phenoxy) is 1. The molecule has 29 heavy (non-hydrogen) atoms. The molecule has 0 radical (unpaired) electrons. The van der Waals surface area contributed by atoms with Crippen molar-refractivity contribution in [2.24, 2.45) is 0 Å². The van der Waals surface area contributed by atoms with Gasteiger partial charge in [0.1, 0.15) is 11.6 Å². The Morgan fingerprint density at radius 2 is 2.03 bits per heavy atom. The van der Waals surface area contributed by atoms with E-state index in [4.69, 9.17) is 9.72 Å². The first-order chi connectivity index (χ1) is 14.2. The fourth-order valence-corrected chi connectivity index (χ4v) is 5.09. The second-order valence-corrected chi connectivity index (χ2v) is 8.77. The lowest BCUT2D eigenvalue weighted by atomic mass is 10.1. The molecule has 1 amide bonds. The fourth-order valence-electron chi connectivity index (χ4n) is 3.91. The highest BCUT2D eigenvalue weighted by Crippen LogP contribution is 2.37. The van der Waals surface area contributed by atoms with E-state index in [0.29, 0.717) is 6.61 Å². The number of carbonyl (C=O) groups excluding carboxylic acids is 1. The normalized spacial score (nSPS) is 16.4. The second kappa shape index (κ2) is 9.40. The number of hydrogen-bond donors (Lipinski definition) is 0. The van der Waals surface area contributed by atoms with Crippen LogP contribution < -0.4 is 0 Å². The van der Waals surface area contributed by atoms with Crippen LogP contribution in [0.1, 0.15) is 61.2 Å². The Morgan fingerprint density at radius 1 is 1.17 bits per heavy atom. The molecule has 2 heterocycles. The van der Waals surface area contributed by atoms with Gasteiger partial charge in [0.25, 0.3) is 0 Å². The maximum atomic E-state index is 12.7. The molecule has 0 aliphatic carbocycles. The zero-order valence-corrected chi connectivity index (χ0v) is 17.8. The van der Waals surface area contributed by atoms with E-state index in [1.54, 1.807) is 11.3 Å². The van der Waals surface area contributed by atoms with Crippen molar-refractivity contribution in [1.82, 2.24) is 9.88 Å². The molecule has 1 unspecified atom stereocenters. The highest BCUT2D eigenvalue weighted by atomic mass is 32.1. The number of carbonyl (C=O) groups is 1. The predicted octanol–water partition coefficient (Wildman–Crippen LogP) is 6.50. The average Bonchev–Trinajstić information content (AvgIpc) is 3.39. The van der Waals surface area contributed by atoms with Gasteiger partial charge in [-0.3, -0.25) is 4.90 Å². The number of benzene rings is 2. The zero-order chi connectivity index (χ0) is 20.1. The van der Waals surface area contributed by atoms with Gasteiger partial charge in [-0.1, -0.05) is 56.2 Å². The molecule has 4 rings (SSSR count). The van der Waals surface area contributed by atoms with E-state index < -0.39 is 0 Å². The Bertz CT molecular complexity index is 954.